The number of hydrogen-bond donors (Lipinski definition) is 0. The van der Waals surface area contributed by atoms with E-state index < -0.39 is 0 Å². The highest BCUT2D eigenvalue weighted by atomic mass is 16.5. The van der Waals surface area contributed by atoms with Crippen LogP contribution >= 0.6 is 0 Å². The van der Waals surface area contributed by atoms with Crippen molar-refractivity contribution in [3.05, 3.63) is 0 Å². The van der Waals surface area contributed by atoms with Gasteiger partial charge in [-0.05, 0) is 83.0 Å². The highest BCUT2D eigenvalue weighted by Crippen LogP contribution is 2.63. The average Bonchev–Trinajstić information content (AvgIpc) is 3.10. The predicted octanol–water partition coefficient (Wildman–Crippen LogP) is 12.5. The largest absolute Gasteiger partial charge is 0.375 e. The minimum absolute atomic E-state index is 0.148. The molecule has 4 rings (SSSR count). The van der Waals surface area contributed by atoms with E-state index in [9.17, 15) is 14.4 Å². The summed E-state index contributed by atoms with van der Waals surface area (Å²) in [4.78, 5) is 36.5. The fraction of sp³-hybridized carbons (Fsp3) is 0.935. The smallest absolute Gasteiger partial charge is 0.132 e. The SMILES string of the molecule is CCCCCC(=O)CCCCCCOC12CC3CC(OCCCCCCC(=O)CCCCC)(C1)CC(OCCCCCCC(=O)CCCCC)(C3)C2. The molecule has 6 nitrogen and oxygen atoms in total. The molecule has 6 heteroatoms. The van der Waals surface area contributed by atoms with Crippen LogP contribution in [0.25, 0.3) is 0 Å². The molecule has 0 aromatic rings. The van der Waals surface area contributed by atoms with Gasteiger partial charge in [0.25, 0.3) is 0 Å². The number of rotatable bonds is 36. The summed E-state index contributed by atoms with van der Waals surface area (Å²) in [5, 5.41) is 0. The van der Waals surface area contributed by atoms with Crippen molar-refractivity contribution >= 4 is 17.3 Å². The van der Waals surface area contributed by atoms with Crippen LogP contribution in [-0.2, 0) is 28.6 Å². The second kappa shape index (κ2) is 25.9. The Morgan fingerprint density at radius 1 is 0.385 bits per heavy atom. The van der Waals surface area contributed by atoms with Crippen LogP contribution in [0.2, 0.25) is 0 Å². The molecule has 0 aromatic heterocycles. The van der Waals surface area contributed by atoms with Gasteiger partial charge in [-0.1, -0.05) is 97.8 Å². The first-order valence-corrected chi connectivity index (χ1v) is 22.7. The third-order valence-electron chi connectivity index (χ3n) is 12.4. The topological polar surface area (TPSA) is 78.9 Å². The van der Waals surface area contributed by atoms with Crippen LogP contribution < -0.4 is 0 Å². The van der Waals surface area contributed by atoms with E-state index in [1.165, 1.54) is 19.3 Å². The van der Waals surface area contributed by atoms with Crippen molar-refractivity contribution in [3.63, 3.8) is 0 Å². The number of carbonyl (C=O) groups excluding carboxylic acids is 3. The third-order valence-corrected chi connectivity index (χ3v) is 12.4. The summed E-state index contributed by atoms with van der Waals surface area (Å²) in [7, 11) is 0. The molecule has 302 valence electrons. The Morgan fingerprint density at radius 2 is 0.635 bits per heavy atom. The Balaban J connectivity index is 1.44. The molecule has 0 atom stereocenters. The molecule has 4 bridgehead atoms. The maximum atomic E-state index is 12.2. The zero-order valence-electron chi connectivity index (χ0n) is 34.5. The normalized spacial score (nSPS) is 24.9. The van der Waals surface area contributed by atoms with E-state index in [-0.39, 0.29) is 16.8 Å². The molecule has 0 N–H and O–H groups in total. The summed E-state index contributed by atoms with van der Waals surface area (Å²) in [6.07, 6.45) is 33.9. The summed E-state index contributed by atoms with van der Waals surface area (Å²) in [6.45, 7) is 8.93. The molecule has 0 spiro atoms. The summed E-state index contributed by atoms with van der Waals surface area (Å²) in [5.41, 5.74) is -0.444. The van der Waals surface area contributed by atoms with Crippen LogP contribution in [0.4, 0.5) is 0 Å². The Labute approximate surface area is 320 Å². The first-order chi connectivity index (χ1) is 25.3. The molecule has 0 amide bonds. The number of ketones is 3. The molecule has 0 aliphatic heterocycles. The molecule has 0 radical (unpaired) electrons. The van der Waals surface area contributed by atoms with Gasteiger partial charge in [-0.2, -0.15) is 0 Å². The average molecular weight is 731 g/mol. The quantitative estimate of drug-likeness (QED) is 0.0597. The lowest BCUT2D eigenvalue weighted by molar-refractivity contribution is -0.291. The van der Waals surface area contributed by atoms with Gasteiger partial charge in [0, 0.05) is 77.6 Å². The van der Waals surface area contributed by atoms with Crippen molar-refractivity contribution in [2.75, 3.05) is 19.8 Å². The van der Waals surface area contributed by atoms with Crippen LogP contribution in [0.1, 0.15) is 233 Å². The van der Waals surface area contributed by atoms with E-state index in [0.717, 1.165) is 212 Å². The van der Waals surface area contributed by atoms with E-state index in [2.05, 4.69) is 20.8 Å². The number of Topliss-reactive ketones (excluding diaryl/α,β-unsaturated/α-hetero) is 3. The number of ether oxygens (including phenoxy) is 3. The Hall–Kier alpha value is -1.11. The minimum Gasteiger partial charge on any atom is -0.375 e. The Bertz CT molecular complexity index is 860. The molecular formula is C46H82O6. The molecule has 52 heavy (non-hydrogen) atoms. The van der Waals surface area contributed by atoms with Crippen molar-refractivity contribution in [2.45, 2.75) is 249 Å². The van der Waals surface area contributed by atoms with Gasteiger partial charge in [0.1, 0.15) is 17.3 Å². The monoisotopic (exact) mass is 731 g/mol. The van der Waals surface area contributed by atoms with Crippen LogP contribution in [0, 0.1) is 5.92 Å². The second-order valence-electron chi connectivity index (χ2n) is 17.6. The number of unbranched alkanes of at least 4 members (excludes halogenated alkanes) is 15. The van der Waals surface area contributed by atoms with E-state index in [0.29, 0.717) is 23.3 Å². The van der Waals surface area contributed by atoms with Gasteiger partial charge in [-0.15, -0.1) is 0 Å². The molecule has 4 saturated carbocycles. The predicted molar refractivity (Wildman–Crippen MR) is 214 cm³/mol. The van der Waals surface area contributed by atoms with E-state index in [4.69, 9.17) is 14.2 Å². The van der Waals surface area contributed by atoms with Crippen LogP contribution in [0.3, 0.4) is 0 Å². The first kappa shape index (κ1) is 45.3. The van der Waals surface area contributed by atoms with Gasteiger partial charge >= 0.3 is 0 Å². The second-order valence-corrected chi connectivity index (χ2v) is 17.6. The fourth-order valence-corrected chi connectivity index (χ4v) is 9.95. The molecular weight excluding hydrogens is 649 g/mol. The zero-order chi connectivity index (χ0) is 37.4. The number of hydrogen-bond acceptors (Lipinski definition) is 6. The van der Waals surface area contributed by atoms with Gasteiger partial charge in [0.15, 0.2) is 0 Å². The summed E-state index contributed by atoms with van der Waals surface area (Å²) >= 11 is 0. The molecule has 0 unspecified atom stereocenters. The standard InChI is InChI=1S/C46H82O6/c1-4-7-16-25-41(47)28-19-10-13-22-31-50-44-34-40-35-45(37-44,51-32-23-14-11-20-29-42(48)26-17-8-5-2)39-46(36-40,38-44)52-33-24-15-12-21-30-43(49)27-18-9-6-3/h40H,4-39H2,1-3H3. The highest BCUT2D eigenvalue weighted by molar-refractivity contribution is 5.78. The molecule has 4 aliphatic carbocycles. The molecule has 0 saturated heterocycles. The van der Waals surface area contributed by atoms with Crippen molar-refractivity contribution in [3.8, 4) is 0 Å². The van der Waals surface area contributed by atoms with Crippen molar-refractivity contribution in [1.82, 2.24) is 0 Å². The molecule has 4 fully saturated rings. The van der Waals surface area contributed by atoms with Crippen LogP contribution in [-0.4, -0.2) is 54.0 Å². The third kappa shape index (κ3) is 17.6. The van der Waals surface area contributed by atoms with Gasteiger partial charge in [-0.3, -0.25) is 14.4 Å². The van der Waals surface area contributed by atoms with Crippen LogP contribution in [0.15, 0.2) is 0 Å². The minimum atomic E-state index is -0.148. The van der Waals surface area contributed by atoms with Gasteiger partial charge in [0.2, 0.25) is 0 Å². The fourth-order valence-electron chi connectivity index (χ4n) is 9.95. The van der Waals surface area contributed by atoms with Crippen LogP contribution in [0.5, 0.6) is 0 Å². The highest BCUT2D eigenvalue weighted by Gasteiger charge is 2.65. The maximum absolute atomic E-state index is 12.2. The van der Waals surface area contributed by atoms with Crippen molar-refractivity contribution < 1.29 is 28.6 Å². The lowest BCUT2D eigenvalue weighted by Gasteiger charge is -2.65. The summed E-state index contributed by atoms with van der Waals surface area (Å²) in [6, 6.07) is 0. The number of carbonyl (C=O) groups is 3. The van der Waals surface area contributed by atoms with E-state index >= 15 is 0 Å². The van der Waals surface area contributed by atoms with E-state index in [1.807, 2.05) is 0 Å². The Morgan fingerprint density at radius 3 is 0.904 bits per heavy atom. The van der Waals surface area contributed by atoms with Crippen molar-refractivity contribution in [2.24, 2.45) is 5.92 Å². The summed E-state index contributed by atoms with van der Waals surface area (Å²) < 4.78 is 20.8. The van der Waals surface area contributed by atoms with Gasteiger partial charge < -0.3 is 14.2 Å². The molecule has 4 aliphatic rings. The summed E-state index contributed by atoms with van der Waals surface area (Å²) in [5.74, 6) is 1.91. The lowest BCUT2D eigenvalue weighted by atomic mass is 9.50. The maximum Gasteiger partial charge on any atom is 0.132 e. The zero-order valence-corrected chi connectivity index (χ0v) is 34.5. The lowest BCUT2D eigenvalue weighted by Crippen LogP contribution is -2.68. The van der Waals surface area contributed by atoms with E-state index in [1.54, 1.807) is 0 Å². The Kier molecular flexibility index (Phi) is 22.5. The first-order valence-electron chi connectivity index (χ1n) is 22.7. The van der Waals surface area contributed by atoms with Gasteiger partial charge in [-0.25, -0.2) is 0 Å². The van der Waals surface area contributed by atoms with Gasteiger partial charge in [0.05, 0.1) is 16.8 Å². The molecule has 0 aromatic carbocycles. The van der Waals surface area contributed by atoms with Crippen molar-refractivity contribution in [1.29, 1.82) is 0 Å². The molecule has 0 heterocycles.